The number of ether oxygens (including phenoxy) is 1. The number of halogens is 2. The molecule has 2 aromatic heterocycles. The van der Waals surface area contributed by atoms with E-state index in [1.165, 1.54) is 10.7 Å². The second-order valence-electron chi connectivity index (χ2n) is 9.86. The summed E-state index contributed by atoms with van der Waals surface area (Å²) in [5.41, 5.74) is 3.49. The lowest BCUT2D eigenvalue weighted by atomic mass is 10.1. The van der Waals surface area contributed by atoms with Crippen molar-refractivity contribution in [2.24, 2.45) is 7.05 Å². The average molecular weight is 536 g/mol. The van der Waals surface area contributed by atoms with E-state index in [0.29, 0.717) is 48.6 Å². The molecule has 0 saturated carbocycles. The Hall–Kier alpha value is -4.48. The summed E-state index contributed by atoms with van der Waals surface area (Å²) < 4.78 is 34.0. The highest BCUT2D eigenvalue weighted by molar-refractivity contribution is 5.84. The minimum atomic E-state index is -2.95. The van der Waals surface area contributed by atoms with Gasteiger partial charge < -0.3 is 19.9 Å². The van der Waals surface area contributed by atoms with Crippen molar-refractivity contribution in [1.82, 2.24) is 29.5 Å². The van der Waals surface area contributed by atoms with Gasteiger partial charge in [0.2, 0.25) is 5.95 Å². The highest BCUT2D eigenvalue weighted by atomic mass is 19.3. The van der Waals surface area contributed by atoms with Crippen LogP contribution in [0.25, 0.3) is 22.0 Å². The molecule has 6 rings (SSSR count). The molecule has 202 valence electrons. The molecule has 12 heteroatoms. The quantitative estimate of drug-likeness (QED) is 0.408. The average Bonchev–Trinajstić information content (AvgIpc) is 3.42. The van der Waals surface area contributed by atoms with E-state index in [2.05, 4.69) is 20.2 Å². The molecule has 39 heavy (non-hydrogen) atoms. The van der Waals surface area contributed by atoms with E-state index in [4.69, 9.17) is 4.74 Å². The maximum Gasteiger partial charge on any atom is 0.387 e. The van der Waals surface area contributed by atoms with Gasteiger partial charge in [-0.3, -0.25) is 14.2 Å². The van der Waals surface area contributed by atoms with E-state index in [1.54, 1.807) is 42.3 Å². The molecular weight excluding hydrogens is 508 g/mol. The van der Waals surface area contributed by atoms with Crippen molar-refractivity contribution in [3.8, 4) is 16.9 Å². The Kier molecular flexibility index (Phi) is 6.16. The van der Waals surface area contributed by atoms with E-state index in [-0.39, 0.29) is 29.9 Å². The highest BCUT2D eigenvalue weighted by Gasteiger charge is 2.36. The van der Waals surface area contributed by atoms with Gasteiger partial charge in [-0.05, 0) is 30.7 Å². The number of nitrogens with one attached hydrogen (secondary N) is 1. The summed E-state index contributed by atoms with van der Waals surface area (Å²) in [6.45, 7) is 1.64. The topological polar surface area (TPSA) is 97.5 Å². The predicted octanol–water partition coefficient (Wildman–Crippen LogP) is 2.97. The van der Waals surface area contributed by atoms with Gasteiger partial charge in [-0.15, -0.1) is 0 Å². The maximum atomic E-state index is 13.0. The molecule has 1 atom stereocenters. The first-order chi connectivity index (χ1) is 18.8. The second-order valence-corrected chi connectivity index (χ2v) is 9.86. The van der Waals surface area contributed by atoms with E-state index in [1.807, 2.05) is 24.0 Å². The molecule has 4 heterocycles. The number of hydrogen-bond acceptors (Lipinski definition) is 6. The summed E-state index contributed by atoms with van der Waals surface area (Å²) in [5.74, 6) is 0.671. The zero-order valence-corrected chi connectivity index (χ0v) is 21.5. The maximum absolute atomic E-state index is 13.0. The van der Waals surface area contributed by atoms with Crippen LogP contribution in [-0.2, 0) is 13.6 Å². The number of anilines is 1. The van der Waals surface area contributed by atoms with Crippen LogP contribution in [0.15, 0.2) is 53.6 Å². The Morgan fingerprint density at radius 1 is 1.08 bits per heavy atom. The van der Waals surface area contributed by atoms with Crippen LogP contribution in [-0.4, -0.2) is 69.1 Å². The number of urea groups is 1. The van der Waals surface area contributed by atoms with E-state index < -0.39 is 6.61 Å². The number of alkyl halides is 2. The first kappa shape index (κ1) is 24.8. The Labute approximate surface area is 222 Å². The number of fused-ring (bicyclic) bond motifs is 2. The van der Waals surface area contributed by atoms with Gasteiger partial charge in [-0.25, -0.2) is 14.8 Å². The van der Waals surface area contributed by atoms with Crippen LogP contribution in [0.5, 0.6) is 5.75 Å². The van der Waals surface area contributed by atoms with Gasteiger partial charge in [0.15, 0.2) is 0 Å². The molecule has 2 amide bonds. The van der Waals surface area contributed by atoms with Crippen LogP contribution in [0, 0.1) is 6.92 Å². The third-order valence-corrected chi connectivity index (χ3v) is 7.40. The van der Waals surface area contributed by atoms with Crippen LogP contribution in [0.4, 0.5) is 19.5 Å². The number of aromatic nitrogens is 4. The molecule has 2 aromatic carbocycles. The summed E-state index contributed by atoms with van der Waals surface area (Å²) in [4.78, 5) is 37.9. The molecule has 0 spiro atoms. The van der Waals surface area contributed by atoms with Gasteiger partial charge >= 0.3 is 12.6 Å². The molecule has 2 aliphatic rings. The zero-order chi connectivity index (χ0) is 27.3. The number of piperazine rings is 1. The predicted molar refractivity (Wildman–Crippen MR) is 141 cm³/mol. The SMILES string of the molecule is Cc1ccc(OC(F)F)c(Cn2c3cc(-c4cnc(N5CCN6C(=O)NCC6C5)nc4)ccc3c(=O)n2C)c1. The number of hydrogen-bond donors (Lipinski definition) is 1. The van der Waals surface area contributed by atoms with Crippen molar-refractivity contribution in [3.05, 3.63) is 70.3 Å². The summed E-state index contributed by atoms with van der Waals surface area (Å²) in [6, 6.07) is 10.6. The molecule has 0 radical (unpaired) electrons. The second kappa shape index (κ2) is 9.68. The number of amides is 2. The van der Waals surface area contributed by atoms with Crippen molar-refractivity contribution >= 4 is 22.9 Å². The van der Waals surface area contributed by atoms with Crippen LogP contribution in [0.3, 0.4) is 0 Å². The normalized spacial score (nSPS) is 17.2. The lowest BCUT2D eigenvalue weighted by Crippen LogP contribution is -2.52. The molecule has 1 unspecified atom stereocenters. The third kappa shape index (κ3) is 4.55. The van der Waals surface area contributed by atoms with Gasteiger partial charge in [0.25, 0.3) is 5.56 Å². The first-order valence-electron chi connectivity index (χ1n) is 12.6. The summed E-state index contributed by atoms with van der Waals surface area (Å²) >= 11 is 0. The number of carbonyl (C=O) groups excluding carboxylic acids is 1. The van der Waals surface area contributed by atoms with Gasteiger partial charge in [-0.2, -0.15) is 8.78 Å². The molecule has 1 N–H and O–H groups in total. The van der Waals surface area contributed by atoms with E-state index in [0.717, 1.165) is 16.7 Å². The minimum Gasteiger partial charge on any atom is -0.434 e. The molecule has 2 aliphatic heterocycles. The Bertz CT molecular complexity index is 1620. The van der Waals surface area contributed by atoms with Crippen molar-refractivity contribution in [1.29, 1.82) is 0 Å². The number of benzene rings is 2. The van der Waals surface area contributed by atoms with Crippen LogP contribution in [0.1, 0.15) is 11.1 Å². The summed E-state index contributed by atoms with van der Waals surface area (Å²) in [6.07, 6.45) is 3.49. The minimum absolute atomic E-state index is 0.0223. The molecule has 2 saturated heterocycles. The van der Waals surface area contributed by atoms with Crippen LogP contribution < -0.4 is 20.5 Å². The monoisotopic (exact) mass is 535 g/mol. The van der Waals surface area contributed by atoms with Crippen molar-refractivity contribution in [3.63, 3.8) is 0 Å². The number of carbonyl (C=O) groups is 1. The molecular formula is C27H27F2N7O3. The summed E-state index contributed by atoms with van der Waals surface area (Å²) in [7, 11) is 1.65. The van der Waals surface area contributed by atoms with Gasteiger partial charge in [0.05, 0.1) is 23.5 Å². The van der Waals surface area contributed by atoms with Crippen molar-refractivity contribution < 1.29 is 18.3 Å². The molecule has 10 nitrogen and oxygen atoms in total. The van der Waals surface area contributed by atoms with Crippen LogP contribution >= 0.6 is 0 Å². The Balaban J connectivity index is 1.30. The lowest BCUT2D eigenvalue weighted by molar-refractivity contribution is -0.0505. The fraction of sp³-hybridized carbons (Fsp3) is 0.333. The number of nitrogens with zero attached hydrogens (tertiary/aromatic N) is 6. The Morgan fingerprint density at radius 3 is 2.64 bits per heavy atom. The molecule has 4 aromatic rings. The summed E-state index contributed by atoms with van der Waals surface area (Å²) in [5, 5.41) is 3.39. The van der Waals surface area contributed by atoms with Gasteiger partial charge in [-0.1, -0.05) is 23.8 Å². The molecule has 0 bridgehead atoms. The van der Waals surface area contributed by atoms with Gasteiger partial charge in [0.1, 0.15) is 5.75 Å². The van der Waals surface area contributed by atoms with Crippen molar-refractivity contribution in [2.75, 3.05) is 31.1 Å². The standard InChI is InChI=1S/C27H27F2N7O3/c1-16-3-6-23(39-25(28)29)18(9-16)14-36-22-10-17(4-5-21(22)24(37)33(36)2)19-11-30-26(31-12-19)34-7-8-35-20(15-34)13-32-27(35)38/h3-6,9-12,20,25H,7-8,13-15H2,1-2H3,(H,32,38). The molecule has 0 aliphatic carbocycles. The van der Waals surface area contributed by atoms with Crippen LogP contribution in [0.2, 0.25) is 0 Å². The Morgan fingerprint density at radius 2 is 1.87 bits per heavy atom. The number of rotatable bonds is 6. The van der Waals surface area contributed by atoms with Crippen molar-refractivity contribution in [2.45, 2.75) is 26.1 Å². The fourth-order valence-corrected chi connectivity index (χ4v) is 5.37. The number of aryl methyl sites for hydroxylation is 1. The fourth-order valence-electron chi connectivity index (χ4n) is 5.37. The first-order valence-corrected chi connectivity index (χ1v) is 12.6. The zero-order valence-electron chi connectivity index (χ0n) is 21.5. The van der Waals surface area contributed by atoms with Gasteiger partial charge in [0, 0.05) is 56.7 Å². The smallest absolute Gasteiger partial charge is 0.387 e. The lowest BCUT2D eigenvalue weighted by Gasteiger charge is -2.36. The highest BCUT2D eigenvalue weighted by Crippen LogP contribution is 2.27. The largest absolute Gasteiger partial charge is 0.434 e. The third-order valence-electron chi connectivity index (χ3n) is 7.40. The van der Waals surface area contributed by atoms with E-state index >= 15 is 0 Å². The molecule has 2 fully saturated rings. The van der Waals surface area contributed by atoms with E-state index in [9.17, 15) is 18.4 Å².